The lowest BCUT2D eigenvalue weighted by Crippen LogP contribution is -2.21. The molecule has 1 aromatic carbocycles. The van der Waals surface area contributed by atoms with Crippen molar-refractivity contribution < 1.29 is 0 Å². The number of nitrogens with one attached hydrogen (secondary N) is 1. The average Bonchev–Trinajstić information content (AvgIpc) is 3.08. The standard InChI is InChI=1S/C15H18N2/c1-15(7-8-15)11-16-10-12-6-9-17-14-5-3-2-4-13(12)14/h2-6,9,16H,7-8,10-11H2,1H3. The van der Waals surface area contributed by atoms with Crippen LogP contribution >= 0.6 is 0 Å². The second-order valence-corrected chi connectivity index (χ2v) is 5.40. The summed E-state index contributed by atoms with van der Waals surface area (Å²) in [5, 5.41) is 4.84. The molecule has 2 nitrogen and oxygen atoms in total. The molecule has 0 spiro atoms. The molecule has 0 atom stereocenters. The Kier molecular flexibility index (Phi) is 2.60. The third-order valence-electron chi connectivity index (χ3n) is 3.71. The topological polar surface area (TPSA) is 24.9 Å². The van der Waals surface area contributed by atoms with Crippen LogP contribution in [-0.4, -0.2) is 11.5 Å². The molecular weight excluding hydrogens is 208 g/mol. The fourth-order valence-electron chi connectivity index (χ4n) is 2.20. The lowest BCUT2D eigenvalue weighted by Gasteiger charge is -2.11. The van der Waals surface area contributed by atoms with E-state index in [0.717, 1.165) is 18.6 Å². The molecular formula is C15H18N2. The predicted octanol–water partition coefficient (Wildman–Crippen LogP) is 3.12. The van der Waals surface area contributed by atoms with Crippen molar-refractivity contribution >= 4 is 10.9 Å². The Morgan fingerprint density at radius 2 is 2.06 bits per heavy atom. The average molecular weight is 226 g/mol. The molecule has 2 aromatic rings. The van der Waals surface area contributed by atoms with Gasteiger partial charge in [-0.05, 0) is 36.0 Å². The van der Waals surface area contributed by atoms with Gasteiger partial charge in [-0.1, -0.05) is 25.1 Å². The number of nitrogens with zero attached hydrogens (tertiary/aromatic N) is 1. The molecule has 2 heteroatoms. The van der Waals surface area contributed by atoms with Gasteiger partial charge in [0.25, 0.3) is 0 Å². The Bertz CT molecular complexity index is 524. The molecule has 0 saturated heterocycles. The molecule has 1 aromatic heterocycles. The summed E-state index contributed by atoms with van der Waals surface area (Å²) < 4.78 is 0. The number of benzene rings is 1. The first kappa shape index (κ1) is 10.7. The molecule has 1 aliphatic carbocycles. The van der Waals surface area contributed by atoms with Crippen LogP contribution in [0.3, 0.4) is 0 Å². The maximum Gasteiger partial charge on any atom is 0.0705 e. The smallest absolute Gasteiger partial charge is 0.0705 e. The summed E-state index contributed by atoms with van der Waals surface area (Å²) >= 11 is 0. The normalized spacial score (nSPS) is 17.2. The fourth-order valence-corrected chi connectivity index (χ4v) is 2.20. The molecule has 1 saturated carbocycles. The van der Waals surface area contributed by atoms with Crippen molar-refractivity contribution in [2.45, 2.75) is 26.3 Å². The van der Waals surface area contributed by atoms with Gasteiger partial charge >= 0.3 is 0 Å². The zero-order valence-corrected chi connectivity index (χ0v) is 10.2. The van der Waals surface area contributed by atoms with Crippen LogP contribution in [0.2, 0.25) is 0 Å². The summed E-state index contributed by atoms with van der Waals surface area (Å²) in [7, 11) is 0. The number of fused-ring (bicyclic) bond motifs is 1. The van der Waals surface area contributed by atoms with Crippen molar-refractivity contribution in [3.63, 3.8) is 0 Å². The minimum Gasteiger partial charge on any atom is -0.312 e. The first-order valence-electron chi connectivity index (χ1n) is 6.30. The van der Waals surface area contributed by atoms with E-state index in [4.69, 9.17) is 0 Å². The quantitative estimate of drug-likeness (QED) is 0.866. The molecule has 1 aliphatic rings. The number of pyridine rings is 1. The van der Waals surface area contributed by atoms with E-state index in [-0.39, 0.29) is 0 Å². The molecule has 0 unspecified atom stereocenters. The van der Waals surface area contributed by atoms with Gasteiger partial charge in [0.15, 0.2) is 0 Å². The van der Waals surface area contributed by atoms with E-state index in [1.54, 1.807) is 0 Å². The summed E-state index contributed by atoms with van der Waals surface area (Å²) in [4.78, 5) is 4.38. The number of aromatic nitrogens is 1. The maximum absolute atomic E-state index is 4.38. The second-order valence-electron chi connectivity index (χ2n) is 5.40. The van der Waals surface area contributed by atoms with Crippen LogP contribution in [0.4, 0.5) is 0 Å². The van der Waals surface area contributed by atoms with Crippen molar-refractivity contribution in [3.05, 3.63) is 42.1 Å². The molecule has 0 amide bonds. The first-order chi connectivity index (χ1) is 8.27. The van der Waals surface area contributed by atoms with Crippen molar-refractivity contribution in [3.8, 4) is 0 Å². The molecule has 0 bridgehead atoms. The van der Waals surface area contributed by atoms with E-state index in [9.17, 15) is 0 Å². The highest BCUT2D eigenvalue weighted by molar-refractivity contribution is 5.81. The Morgan fingerprint density at radius 1 is 1.24 bits per heavy atom. The highest BCUT2D eigenvalue weighted by Crippen LogP contribution is 2.44. The van der Waals surface area contributed by atoms with Gasteiger partial charge in [-0.25, -0.2) is 0 Å². The van der Waals surface area contributed by atoms with Gasteiger partial charge in [-0.2, -0.15) is 0 Å². The van der Waals surface area contributed by atoms with Crippen LogP contribution in [-0.2, 0) is 6.54 Å². The number of rotatable bonds is 4. The largest absolute Gasteiger partial charge is 0.312 e. The maximum atomic E-state index is 4.38. The van der Waals surface area contributed by atoms with Gasteiger partial charge in [-0.15, -0.1) is 0 Å². The molecule has 0 aliphatic heterocycles. The summed E-state index contributed by atoms with van der Waals surface area (Å²) in [6.45, 7) is 4.42. The van der Waals surface area contributed by atoms with Crippen LogP contribution in [0, 0.1) is 5.41 Å². The van der Waals surface area contributed by atoms with Gasteiger partial charge in [-0.3, -0.25) is 4.98 Å². The first-order valence-corrected chi connectivity index (χ1v) is 6.30. The van der Waals surface area contributed by atoms with Crippen LogP contribution in [0.1, 0.15) is 25.3 Å². The lowest BCUT2D eigenvalue weighted by molar-refractivity contribution is 0.500. The molecule has 1 heterocycles. The zero-order chi connectivity index (χ0) is 11.7. The third kappa shape index (κ3) is 2.32. The van der Waals surface area contributed by atoms with Crippen molar-refractivity contribution in [2.24, 2.45) is 5.41 Å². The molecule has 1 N–H and O–H groups in total. The van der Waals surface area contributed by atoms with Gasteiger partial charge in [0.05, 0.1) is 5.52 Å². The zero-order valence-electron chi connectivity index (χ0n) is 10.2. The number of hydrogen-bond donors (Lipinski definition) is 1. The minimum absolute atomic E-state index is 0.572. The highest BCUT2D eigenvalue weighted by Gasteiger charge is 2.36. The summed E-state index contributed by atoms with van der Waals surface area (Å²) in [6, 6.07) is 10.5. The van der Waals surface area contributed by atoms with Crippen molar-refractivity contribution in [1.82, 2.24) is 10.3 Å². The Labute approximate surface area is 102 Å². The van der Waals surface area contributed by atoms with Crippen LogP contribution in [0.5, 0.6) is 0 Å². The van der Waals surface area contributed by atoms with E-state index in [1.165, 1.54) is 23.8 Å². The van der Waals surface area contributed by atoms with E-state index >= 15 is 0 Å². The summed E-state index contributed by atoms with van der Waals surface area (Å²) in [5.41, 5.74) is 3.01. The van der Waals surface area contributed by atoms with Crippen LogP contribution < -0.4 is 5.32 Å². The third-order valence-corrected chi connectivity index (χ3v) is 3.71. The molecule has 3 rings (SSSR count). The Morgan fingerprint density at radius 3 is 2.88 bits per heavy atom. The van der Waals surface area contributed by atoms with Crippen LogP contribution in [0.15, 0.2) is 36.5 Å². The molecule has 1 fully saturated rings. The van der Waals surface area contributed by atoms with Gasteiger partial charge < -0.3 is 5.32 Å². The fraction of sp³-hybridized carbons (Fsp3) is 0.400. The molecule has 88 valence electrons. The molecule has 17 heavy (non-hydrogen) atoms. The van der Waals surface area contributed by atoms with E-state index in [1.807, 2.05) is 12.3 Å². The van der Waals surface area contributed by atoms with Crippen molar-refractivity contribution in [1.29, 1.82) is 0 Å². The summed E-state index contributed by atoms with van der Waals surface area (Å²) in [6.07, 6.45) is 4.65. The Balaban J connectivity index is 1.75. The number of hydrogen-bond acceptors (Lipinski definition) is 2. The van der Waals surface area contributed by atoms with Gasteiger partial charge in [0.2, 0.25) is 0 Å². The molecule has 0 radical (unpaired) electrons. The highest BCUT2D eigenvalue weighted by atomic mass is 14.9. The predicted molar refractivity (Wildman–Crippen MR) is 70.8 cm³/mol. The number of para-hydroxylation sites is 1. The van der Waals surface area contributed by atoms with Gasteiger partial charge in [0.1, 0.15) is 0 Å². The van der Waals surface area contributed by atoms with E-state index in [0.29, 0.717) is 5.41 Å². The monoisotopic (exact) mass is 226 g/mol. The van der Waals surface area contributed by atoms with E-state index in [2.05, 4.69) is 41.5 Å². The second kappa shape index (κ2) is 4.11. The lowest BCUT2D eigenvalue weighted by atomic mass is 10.1. The van der Waals surface area contributed by atoms with Gasteiger partial charge in [0, 0.05) is 24.7 Å². The SMILES string of the molecule is CC1(CNCc2ccnc3ccccc23)CC1. The van der Waals surface area contributed by atoms with E-state index < -0.39 is 0 Å². The summed E-state index contributed by atoms with van der Waals surface area (Å²) in [5.74, 6) is 0. The van der Waals surface area contributed by atoms with Crippen LogP contribution in [0.25, 0.3) is 10.9 Å². The minimum atomic E-state index is 0.572. The Hall–Kier alpha value is -1.41. The van der Waals surface area contributed by atoms with Crippen molar-refractivity contribution in [2.75, 3.05) is 6.54 Å².